The molecule has 0 unspecified atom stereocenters. The van der Waals surface area contributed by atoms with Crippen LogP contribution in [0.15, 0.2) is 42.5 Å². The lowest BCUT2D eigenvalue weighted by molar-refractivity contribution is -0.384. The van der Waals surface area contributed by atoms with E-state index in [0.29, 0.717) is 36.4 Å². The number of amides is 1. The average Bonchev–Trinajstić information content (AvgIpc) is 2.80. The highest BCUT2D eigenvalue weighted by atomic mass is 16.6. The van der Waals surface area contributed by atoms with Crippen LogP contribution < -0.4 is 10.1 Å². The van der Waals surface area contributed by atoms with Crippen LogP contribution in [0, 0.1) is 21.4 Å². The number of carbonyl (C=O) groups is 1. The molecule has 1 fully saturated rings. The van der Waals surface area contributed by atoms with Crippen LogP contribution in [0.4, 0.5) is 11.4 Å². The van der Waals surface area contributed by atoms with E-state index < -0.39 is 10.3 Å². The number of nitro groups is 1. The summed E-state index contributed by atoms with van der Waals surface area (Å²) < 4.78 is 5.67. The van der Waals surface area contributed by atoms with Crippen molar-refractivity contribution in [3.63, 3.8) is 0 Å². The zero-order valence-electron chi connectivity index (χ0n) is 17.7. The summed E-state index contributed by atoms with van der Waals surface area (Å²) in [6, 6.07) is 13.5. The molecule has 0 atom stereocenters. The molecule has 0 bridgehead atoms. The number of nitrogens with zero attached hydrogens (tertiary/aromatic N) is 2. The van der Waals surface area contributed by atoms with Crippen molar-refractivity contribution in [3.8, 4) is 11.8 Å². The Labute approximate surface area is 182 Å². The number of hydrogen-bond donors (Lipinski definition) is 1. The maximum Gasteiger partial charge on any atom is 0.269 e. The zero-order valence-corrected chi connectivity index (χ0v) is 17.7. The summed E-state index contributed by atoms with van der Waals surface area (Å²) in [6.45, 7) is 2.66. The van der Waals surface area contributed by atoms with Gasteiger partial charge < -0.3 is 10.1 Å². The number of anilines is 1. The van der Waals surface area contributed by atoms with E-state index in [-0.39, 0.29) is 11.6 Å². The molecular formula is C24H27N3O4. The first-order chi connectivity index (χ1) is 15.0. The van der Waals surface area contributed by atoms with E-state index in [0.717, 1.165) is 37.7 Å². The van der Waals surface area contributed by atoms with E-state index in [1.54, 1.807) is 30.3 Å². The maximum atomic E-state index is 13.5. The molecule has 0 aliphatic heterocycles. The number of nitrogens with one attached hydrogen (secondary N) is 1. The second-order valence-corrected chi connectivity index (χ2v) is 7.92. The Morgan fingerprint density at radius 1 is 1.19 bits per heavy atom. The predicted molar refractivity (Wildman–Crippen MR) is 118 cm³/mol. The minimum absolute atomic E-state index is 0.000506. The summed E-state index contributed by atoms with van der Waals surface area (Å²) in [5.74, 6) is 0.419. The van der Waals surface area contributed by atoms with Crippen molar-refractivity contribution < 1.29 is 14.5 Å². The molecule has 1 aliphatic rings. The molecule has 1 amide bonds. The molecule has 0 aromatic heterocycles. The van der Waals surface area contributed by atoms with E-state index in [2.05, 4.69) is 18.3 Å². The summed E-state index contributed by atoms with van der Waals surface area (Å²) in [4.78, 5) is 24.1. The van der Waals surface area contributed by atoms with Crippen molar-refractivity contribution in [2.45, 2.75) is 57.3 Å². The van der Waals surface area contributed by atoms with Gasteiger partial charge in [-0.2, -0.15) is 5.26 Å². The summed E-state index contributed by atoms with van der Waals surface area (Å²) >= 11 is 0. The van der Waals surface area contributed by atoms with E-state index in [1.165, 1.54) is 12.1 Å². The van der Waals surface area contributed by atoms with Gasteiger partial charge in [-0.05, 0) is 43.0 Å². The van der Waals surface area contributed by atoms with Gasteiger partial charge in [0.1, 0.15) is 11.8 Å². The van der Waals surface area contributed by atoms with Crippen molar-refractivity contribution in [1.82, 2.24) is 0 Å². The summed E-state index contributed by atoms with van der Waals surface area (Å²) in [7, 11) is 0. The van der Waals surface area contributed by atoms with Crippen molar-refractivity contribution in [2.75, 3.05) is 11.9 Å². The molecule has 1 saturated carbocycles. The minimum Gasteiger partial charge on any atom is -0.494 e. The number of non-ortho nitro benzene ring substituents is 1. The summed E-state index contributed by atoms with van der Waals surface area (Å²) in [6.07, 6.45) is 6.13. The number of unbranched alkanes of at least 4 members (excludes halogenated alkanes) is 1. The lowest BCUT2D eigenvalue weighted by Crippen LogP contribution is -2.42. The molecule has 2 aromatic rings. The smallest absolute Gasteiger partial charge is 0.269 e. The van der Waals surface area contributed by atoms with Gasteiger partial charge in [0.15, 0.2) is 0 Å². The molecule has 7 heteroatoms. The van der Waals surface area contributed by atoms with Crippen LogP contribution in [0.25, 0.3) is 0 Å². The highest BCUT2D eigenvalue weighted by Gasteiger charge is 2.41. The van der Waals surface area contributed by atoms with Gasteiger partial charge in [-0.3, -0.25) is 14.9 Å². The molecular weight excluding hydrogens is 394 g/mol. The fourth-order valence-corrected chi connectivity index (χ4v) is 4.10. The molecule has 2 aromatic carbocycles. The van der Waals surface area contributed by atoms with E-state index >= 15 is 0 Å². The third-order valence-electron chi connectivity index (χ3n) is 5.90. The lowest BCUT2D eigenvalue weighted by atomic mass is 9.68. The molecule has 0 radical (unpaired) electrons. The standard InChI is InChI=1S/C24H27N3O4/c1-2-3-15-31-21-11-12-22(18(16-21)17-25)26-23(28)24(13-5-4-6-14-24)19-7-9-20(10-8-19)27(29)30/h7-12,16H,2-6,13-15H2,1H3,(H,26,28). The first-order valence-electron chi connectivity index (χ1n) is 10.7. The quantitative estimate of drug-likeness (QED) is 0.345. The third-order valence-corrected chi connectivity index (χ3v) is 5.90. The van der Waals surface area contributed by atoms with Gasteiger partial charge in [0.25, 0.3) is 5.69 Å². The zero-order chi connectivity index (χ0) is 22.3. The molecule has 3 rings (SSSR count). The number of benzene rings is 2. The van der Waals surface area contributed by atoms with Gasteiger partial charge >= 0.3 is 0 Å². The largest absolute Gasteiger partial charge is 0.494 e. The lowest BCUT2D eigenvalue weighted by Gasteiger charge is -2.36. The number of ether oxygens (including phenoxy) is 1. The normalized spacial score (nSPS) is 15.0. The predicted octanol–water partition coefficient (Wildman–Crippen LogP) is 5.49. The Morgan fingerprint density at radius 2 is 1.90 bits per heavy atom. The molecule has 162 valence electrons. The Hall–Kier alpha value is -3.40. The van der Waals surface area contributed by atoms with Crippen LogP contribution in [-0.2, 0) is 10.2 Å². The Kier molecular flexibility index (Phi) is 7.24. The molecule has 7 nitrogen and oxygen atoms in total. The number of rotatable bonds is 8. The van der Waals surface area contributed by atoms with Crippen molar-refractivity contribution in [1.29, 1.82) is 5.26 Å². The second-order valence-electron chi connectivity index (χ2n) is 7.92. The molecule has 0 saturated heterocycles. The van der Waals surface area contributed by atoms with E-state index in [9.17, 15) is 20.2 Å². The van der Waals surface area contributed by atoms with Crippen molar-refractivity contribution in [3.05, 3.63) is 63.7 Å². The maximum absolute atomic E-state index is 13.5. The molecule has 1 aliphatic carbocycles. The Morgan fingerprint density at radius 3 is 2.52 bits per heavy atom. The van der Waals surface area contributed by atoms with Crippen LogP contribution >= 0.6 is 0 Å². The van der Waals surface area contributed by atoms with Gasteiger partial charge in [-0.1, -0.05) is 44.7 Å². The first-order valence-corrected chi connectivity index (χ1v) is 10.7. The second kappa shape index (κ2) is 10.1. The van der Waals surface area contributed by atoms with E-state index in [1.807, 2.05) is 0 Å². The molecule has 31 heavy (non-hydrogen) atoms. The summed E-state index contributed by atoms with van der Waals surface area (Å²) in [5, 5.41) is 23.5. The summed E-state index contributed by atoms with van der Waals surface area (Å²) in [5.41, 5.74) is 0.796. The molecule has 1 N–H and O–H groups in total. The van der Waals surface area contributed by atoms with Crippen molar-refractivity contribution >= 4 is 17.3 Å². The average molecular weight is 421 g/mol. The first kappa shape index (κ1) is 22.3. The number of carbonyl (C=O) groups excluding carboxylic acids is 1. The van der Waals surface area contributed by atoms with Crippen LogP contribution in [-0.4, -0.2) is 17.4 Å². The molecule has 0 spiro atoms. The molecule has 0 heterocycles. The highest BCUT2D eigenvalue weighted by molar-refractivity contribution is 6.00. The van der Waals surface area contributed by atoms with Crippen LogP contribution in [0.3, 0.4) is 0 Å². The Bertz CT molecular complexity index is 973. The van der Waals surface area contributed by atoms with Gasteiger partial charge in [0.2, 0.25) is 5.91 Å². The van der Waals surface area contributed by atoms with Gasteiger partial charge in [0, 0.05) is 12.1 Å². The Balaban J connectivity index is 1.86. The third kappa shape index (κ3) is 5.02. The van der Waals surface area contributed by atoms with Crippen LogP contribution in [0.1, 0.15) is 63.0 Å². The number of nitro benzene ring substituents is 1. The topological polar surface area (TPSA) is 105 Å². The van der Waals surface area contributed by atoms with Crippen molar-refractivity contribution in [2.24, 2.45) is 0 Å². The SMILES string of the molecule is CCCCOc1ccc(NC(=O)C2(c3ccc([N+](=O)[O-])cc3)CCCCC2)c(C#N)c1. The van der Waals surface area contributed by atoms with Crippen LogP contribution in [0.2, 0.25) is 0 Å². The highest BCUT2D eigenvalue weighted by Crippen LogP contribution is 2.41. The monoisotopic (exact) mass is 421 g/mol. The van der Waals surface area contributed by atoms with Gasteiger partial charge in [-0.25, -0.2) is 0 Å². The fraction of sp³-hybridized carbons (Fsp3) is 0.417. The van der Waals surface area contributed by atoms with Crippen LogP contribution in [0.5, 0.6) is 5.75 Å². The number of nitriles is 1. The fourth-order valence-electron chi connectivity index (χ4n) is 4.10. The minimum atomic E-state index is -0.767. The van der Waals surface area contributed by atoms with Gasteiger partial charge in [0.05, 0.1) is 28.2 Å². The van der Waals surface area contributed by atoms with Gasteiger partial charge in [-0.15, -0.1) is 0 Å². The number of hydrogen-bond acceptors (Lipinski definition) is 5. The van der Waals surface area contributed by atoms with E-state index in [4.69, 9.17) is 4.74 Å².